The van der Waals surface area contributed by atoms with E-state index in [9.17, 15) is 0 Å². The summed E-state index contributed by atoms with van der Waals surface area (Å²) >= 11 is 9.58. The van der Waals surface area contributed by atoms with Crippen LogP contribution in [0.5, 0.6) is 0 Å². The zero-order valence-electron chi connectivity index (χ0n) is 10.4. The van der Waals surface area contributed by atoms with Gasteiger partial charge in [-0.15, -0.1) is 0 Å². The highest BCUT2D eigenvalue weighted by molar-refractivity contribution is 9.10. The van der Waals surface area contributed by atoms with Gasteiger partial charge in [-0.2, -0.15) is 5.10 Å². The lowest BCUT2D eigenvalue weighted by atomic mass is 10.3. The van der Waals surface area contributed by atoms with Crippen molar-refractivity contribution in [3.8, 4) is 5.69 Å². The maximum Gasteiger partial charge on any atom is 0.207 e. The molecular formula is C12H11BrClN5. The molecule has 1 aromatic carbocycles. The van der Waals surface area contributed by atoms with Gasteiger partial charge in [0.05, 0.1) is 11.4 Å². The fourth-order valence-electron chi connectivity index (χ4n) is 2.18. The van der Waals surface area contributed by atoms with Gasteiger partial charge in [-0.1, -0.05) is 11.6 Å². The average Bonchev–Trinajstić information content (AvgIpc) is 2.81. The Bertz CT molecular complexity index is 789. The summed E-state index contributed by atoms with van der Waals surface area (Å²) in [6.07, 6.45) is 0. The van der Waals surface area contributed by atoms with E-state index in [0.29, 0.717) is 11.0 Å². The predicted molar refractivity (Wildman–Crippen MR) is 79.7 cm³/mol. The van der Waals surface area contributed by atoms with Gasteiger partial charge in [0.2, 0.25) is 5.95 Å². The van der Waals surface area contributed by atoms with Gasteiger partial charge in [0.15, 0.2) is 5.65 Å². The number of hydrogen-bond acceptors (Lipinski definition) is 3. The zero-order chi connectivity index (χ0) is 13.7. The highest BCUT2D eigenvalue weighted by atomic mass is 79.9. The minimum absolute atomic E-state index is 0.411. The molecule has 2 aromatic heterocycles. The number of halogens is 2. The van der Waals surface area contributed by atoms with Crippen molar-refractivity contribution >= 4 is 44.6 Å². The topological polar surface area (TPSA) is 61.7 Å². The number of anilines is 1. The molecule has 0 spiro atoms. The van der Waals surface area contributed by atoms with E-state index in [1.807, 2.05) is 36.7 Å². The van der Waals surface area contributed by atoms with Crippen molar-refractivity contribution in [2.75, 3.05) is 5.73 Å². The van der Waals surface area contributed by atoms with Crippen LogP contribution in [0.4, 0.5) is 5.95 Å². The van der Waals surface area contributed by atoms with Gasteiger partial charge in [0.1, 0.15) is 5.52 Å². The quantitative estimate of drug-likeness (QED) is 0.740. The van der Waals surface area contributed by atoms with Crippen LogP contribution in [0.2, 0.25) is 5.02 Å². The van der Waals surface area contributed by atoms with Crippen LogP contribution in [0.25, 0.3) is 16.9 Å². The van der Waals surface area contributed by atoms with E-state index >= 15 is 0 Å². The Balaban J connectivity index is 2.42. The number of benzene rings is 1. The van der Waals surface area contributed by atoms with Crippen molar-refractivity contribution < 1.29 is 0 Å². The lowest BCUT2D eigenvalue weighted by molar-refractivity contribution is 0.762. The van der Waals surface area contributed by atoms with Gasteiger partial charge >= 0.3 is 0 Å². The first-order chi connectivity index (χ1) is 8.99. The van der Waals surface area contributed by atoms with Crippen LogP contribution in [-0.4, -0.2) is 19.3 Å². The van der Waals surface area contributed by atoms with Gasteiger partial charge < -0.3 is 5.73 Å². The van der Waals surface area contributed by atoms with Crippen molar-refractivity contribution in [2.45, 2.75) is 6.92 Å². The highest BCUT2D eigenvalue weighted by Crippen LogP contribution is 2.31. The largest absolute Gasteiger partial charge is 0.369 e. The van der Waals surface area contributed by atoms with E-state index in [1.165, 1.54) is 0 Å². The summed E-state index contributed by atoms with van der Waals surface area (Å²) in [7, 11) is 1.87. The lowest BCUT2D eigenvalue weighted by Gasteiger charge is -2.09. The maximum atomic E-state index is 6.06. The molecule has 0 fully saturated rings. The van der Waals surface area contributed by atoms with E-state index in [-0.39, 0.29) is 0 Å². The monoisotopic (exact) mass is 339 g/mol. The number of rotatable bonds is 1. The molecule has 0 radical (unpaired) electrons. The first-order valence-electron chi connectivity index (χ1n) is 5.62. The van der Waals surface area contributed by atoms with Gasteiger partial charge in [-0.05, 0) is 41.1 Å². The molecule has 19 heavy (non-hydrogen) atoms. The van der Waals surface area contributed by atoms with Crippen molar-refractivity contribution in [2.24, 2.45) is 7.05 Å². The number of nitrogens with zero attached hydrogens (tertiary/aromatic N) is 4. The van der Waals surface area contributed by atoms with Crippen molar-refractivity contribution in [1.29, 1.82) is 0 Å². The Labute approximate surface area is 123 Å². The molecule has 3 aromatic rings. The molecule has 0 aliphatic heterocycles. The molecule has 0 unspecified atom stereocenters. The normalized spacial score (nSPS) is 11.4. The third kappa shape index (κ3) is 1.82. The van der Waals surface area contributed by atoms with Crippen LogP contribution in [0.1, 0.15) is 5.69 Å². The van der Waals surface area contributed by atoms with E-state index in [2.05, 4.69) is 26.0 Å². The standard InChI is InChI=1S/C12H11BrClN5/c1-6-10-11(18(2)17-6)19(12(15)16-10)9-5-7(14)3-4-8(9)13/h3-5H,1-2H3,(H2,15,16). The van der Waals surface area contributed by atoms with Crippen LogP contribution >= 0.6 is 27.5 Å². The molecule has 0 saturated heterocycles. The lowest BCUT2D eigenvalue weighted by Crippen LogP contribution is -2.05. The van der Waals surface area contributed by atoms with Crippen molar-refractivity contribution in [3.05, 3.63) is 33.4 Å². The molecule has 2 heterocycles. The molecule has 0 amide bonds. The number of imidazole rings is 1. The van der Waals surface area contributed by atoms with E-state index < -0.39 is 0 Å². The van der Waals surface area contributed by atoms with E-state index in [0.717, 1.165) is 27.0 Å². The fraction of sp³-hybridized carbons (Fsp3) is 0.167. The summed E-state index contributed by atoms with van der Waals surface area (Å²) < 4.78 is 4.49. The third-order valence-electron chi connectivity index (χ3n) is 2.98. The number of aryl methyl sites for hydroxylation is 2. The SMILES string of the molecule is Cc1nn(C)c2c1nc(N)n2-c1cc(Cl)ccc1Br. The number of fused-ring (bicyclic) bond motifs is 1. The smallest absolute Gasteiger partial charge is 0.207 e. The number of hydrogen-bond donors (Lipinski definition) is 1. The Morgan fingerprint density at radius 2 is 2.11 bits per heavy atom. The Kier molecular flexibility index (Phi) is 2.79. The molecule has 0 aliphatic carbocycles. The third-order valence-corrected chi connectivity index (χ3v) is 3.88. The van der Waals surface area contributed by atoms with Gasteiger partial charge in [-0.3, -0.25) is 4.57 Å². The summed E-state index contributed by atoms with van der Waals surface area (Å²) in [5, 5.41) is 5.00. The van der Waals surface area contributed by atoms with Gasteiger partial charge in [0, 0.05) is 16.5 Å². The molecule has 0 atom stereocenters. The second-order valence-corrected chi connectivity index (χ2v) is 5.57. The first-order valence-corrected chi connectivity index (χ1v) is 6.79. The Morgan fingerprint density at radius 1 is 1.37 bits per heavy atom. The second-order valence-electron chi connectivity index (χ2n) is 4.28. The molecule has 0 saturated carbocycles. The summed E-state index contributed by atoms with van der Waals surface area (Å²) in [5.41, 5.74) is 9.37. The van der Waals surface area contributed by atoms with Gasteiger partial charge in [0.25, 0.3) is 0 Å². The summed E-state index contributed by atoms with van der Waals surface area (Å²) in [6.45, 7) is 1.91. The second kappa shape index (κ2) is 4.25. The first kappa shape index (κ1) is 12.5. The molecule has 3 rings (SSSR count). The van der Waals surface area contributed by atoms with Crippen LogP contribution in [0.3, 0.4) is 0 Å². The molecule has 0 bridgehead atoms. The fourth-order valence-corrected chi connectivity index (χ4v) is 2.77. The predicted octanol–water partition coefficient (Wildman–Crippen LogP) is 3.07. The van der Waals surface area contributed by atoms with Gasteiger partial charge in [-0.25, -0.2) is 9.67 Å². The molecule has 98 valence electrons. The zero-order valence-corrected chi connectivity index (χ0v) is 12.7. The molecule has 7 heteroatoms. The van der Waals surface area contributed by atoms with Crippen molar-refractivity contribution in [3.63, 3.8) is 0 Å². The van der Waals surface area contributed by atoms with Crippen LogP contribution in [-0.2, 0) is 7.05 Å². The van der Waals surface area contributed by atoms with Crippen molar-refractivity contribution in [1.82, 2.24) is 19.3 Å². The molecule has 0 aliphatic rings. The molecule has 5 nitrogen and oxygen atoms in total. The Hall–Kier alpha value is -1.53. The maximum absolute atomic E-state index is 6.06. The van der Waals surface area contributed by atoms with E-state index in [4.69, 9.17) is 17.3 Å². The summed E-state index contributed by atoms with van der Waals surface area (Å²) in [4.78, 5) is 4.37. The number of aromatic nitrogens is 4. The minimum atomic E-state index is 0.411. The number of nitrogen functional groups attached to an aromatic ring is 1. The van der Waals surface area contributed by atoms with Crippen LogP contribution in [0.15, 0.2) is 22.7 Å². The minimum Gasteiger partial charge on any atom is -0.369 e. The van der Waals surface area contributed by atoms with E-state index in [1.54, 1.807) is 4.68 Å². The number of nitrogens with two attached hydrogens (primary N) is 1. The molecule has 2 N–H and O–H groups in total. The molecular weight excluding hydrogens is 330 g/mol. The van der Waals surface area contributed by atoms with Crippen LogP contribution in [0, 0.1) is 6.92 Å². The highest BCUT2D eigenvalue weighted by Gasteiger charge is 2.18. The average molecular weight is 341 g/mol. The Morgan fingerprint density at radius 3 is 2.84 bits per heavy atom. The summed E-state index contributed by atoms with van der Waals surface area (Å²) in [5.74, 6) is 0.411. The summed E-state index contributed by atoms with van der Waals surface area (Å²) in [6, 6.07) is 5.53. The van der Waals surface area contributed by atoms with Crippen LogP contribution < -0.4 is 5.73 Å².